The standard InChI is InChI=1S/C17H31N5O/c1-14(10-17(2,3)4)7-8-19-16(23)21-9-5-6-15(11-21)22-13-18-12-20-22/h12-15H,5-11H2,1-4H3,(H,19,23). The highest BCUT2D eigenvalue weighted by Gasteiger charge is 2.25. The van der Waals surface area contributed by atoms with Crippen LogP contribution in [0.3, 0.4) is 0 Å². The van der Waals surface area contributed by atoms with E-state index in [1.807, 2.05) is 9.58 Å². The quantitative estimate of drug-likeness (QED) is 0.906. The molecule has 1 aromatic rings. The number of carbonyl (C=O) groups excluding carboxylic acids is 1. The molecule has 23 heavy (non-hydrogen) atoms. The maximum Gasteiger partial charge on any atom is 0.317 e. The molecule has 2 heterocycles. The molecule has 1 fully saturated rings. The number of nitrogens with zero attached hydrogens (tertiary/aromatic N) is 4. The zero-order chi connectivity index (χ0) is 16.9. The molecular weight excluding hydrogens is 290 g/mol. The van der Waals surface area contributed by atoms with Gasteiger partial charge >= 0.3 is 6.03 Å². The Labute approximate surface area is 139 Å². The summed E-state index contributed by atoms with van der Waals surface area (Å²) >= 11 is 0. The average molecular weight is 321 g/mol. The summed E-state index contributed by atoms with van der Waals surface area (Å²) in [7, 11) is 0. The van der Waals surface area contributed by atoms with Crippen LogP contribution in [-0.4, -0.2) is 45.3 Å². The van der Waals surface area contributed by atoms with Gasteiger partial charge in [0.05, 0.1) is 6.04 Å². The predicted molar refractivity (Wildman–Crippen MR) is 91.1 cm³/mol. The van der Waals surface area contributed by atoms with Crippen molar-refractivity contribution in [3.05, 3.63) is 12.7 Å². The number of rotatable bonds is 5. The molecule has 1 aliphatic rings. The van der Waals surface area contributed by atoms with Crippen LogP contribution < -0.4 is 5.32 Å². The van der Waals surface area contributed by atoms with Gasteiger partial charge in [-0.25, -0.2) is 14.5 Å². The molecular formula is C17H31N5O. The van der Waals surface area contributed by atoms with Crippen molar-refractivity contribution in [2.24, 2.45) is 11.3 Å². The highest BCUT2D eigenvalue weighted by atomic mass is 16.2. The Balaban J connectivity index is 1.73. The Bertz CT molecular complexity index is 480. The van der Waals surface area contributed by atoms with Crippen LogP contribution in [0.5, 0.6) is 0 Å². The average Bonchev–Trinajstić information content (AvgIpc) is 2.99. The van der Waals surface area contributed by atoms with Gasteiger partial charge in [0.25, 0.3) is 0 Å². The van der Waals surface area contributed by atoms with Gasteiger partial charge < -0.3 is 10.2 Å². The van der Waals surface area contributed by atoms with Crippen LogP contribution >= 0.6 is 0 Å². The lowest BCUT2D eigenvalue weighted by molar-refractivity contribution is 0.162. The van der Waals surface area contributed by atoms with Crippen LogP contribution in [0.15, 0.2) is 12.7 Å². The fraction of sp³-hybridized carbons (Fsp3) is 0.824. The molecule has 0 aromatic carbocycles. The summed E-state index contributed by atoms with van der Waals surface area (Å²) in [4.78, 5) is 18.3. The number of hydrogen-bond acceptors (Lipinski definition) is 3. The topological polar surface area (TPSA) is 63.1 Å². The van der Waals surface area contributed by atoms with Crippen LogP contribution in [0.25, 0.3) is 0 Å². The summed E-state index contributed by atoms with van der Waals surface area (Å²) in [5.74, 6) is 0.625. The first-order chi connectivity index (χ1) is 10.8. The van der Waals surface area contributed by atoms with Crippen molar-refractivity contribution in [2.75, 3.05) is 19.6 Å². The van der Waals surface area contributed by atoms with Crippen LogP contribution in [-0.2, 0) is 0 Å². The Morgan fingerprint density at radius 1 is 1.43 bits per heavy atom. The van der Waals surface area contributed by atoms with Gasteiger partial charge in [0.2, 0.25) is 0 Å². The molecule has 2 atom stereocenters. The van der Waals surface area contributed by atoms with Crippen LogP contribution in [0.4, 0.5) is 4.79 Å². The van der Waals surface area contributed by atoms with Gasteiger partial charge in [0.1, 0.15) is 12.7 Å². The smallest absolute Gasteiger partial charge is 0.317 e. The van der Waals surface area contributed by atoms with Crippen molar-refractivity contribution in [3.63, 3.8) is 0 Å². The molecule has 6 nitrogen and oxygen atoms in total. The van der Waals surface area contributed by atoms with Gasteiger partial charge in [0, 0.05) is 19.6 Å². The Hall–Kier alpha value is -1.59. The van der Waals surface area contributed by atoms with Crippen molar-refractivity contribution in [2.45, 2.75) is 59.4 Å². The van der Waals surface area contributed by atoms with Gasteiger partial charge in [-0.3, -0.25) is 0 Å². The number of piperidine rings is 1. The van der Waals surface area contributed by atoms with E-state index in [1.165, 1.54) is 6.42 Å². The Morgan fingerprint density at radius 2 is 2.22 bits per heavy atom. The largest absolute Gasteiger partial charge is 0.338 e. The SMILES string of the molecule is CC(CCNC(=O)N1CCCC(n2cncn2)C1)CC(C)(C)C. The number of carbonyl (C=O) groups is 1. The first-order valence-corrected chi connectivity index (χ1v) is 8.72. The molecule has 0 aliphatic carbocycles. The predicted octanol–water partition coefficient (Wildman–Crippen LogP) is 3.09. The zero-order valence-corrected chi connectivity index (χ0v) is 15.0. The zero-order valence-electron chi connectivity index (χ0n) is 15.0. The highest BCUT2D eigenvalue weighted by Crippen LogP contribution is 2.25. The minimum atomic E-state index is 0.0535. The molecule has 6 heteroatoms. The number of hydrogen-bond donors (Lipinski definition) is 1. The molecule has 0 spiro atoms. The van der Waals surface area contributed by atoms with E-state index in [0.29, 0.717) is 17.9 Å². The summed E-state index contributed by atoms with van der Waals surface area (Å²) in [6, 6.07) is 0.301. The fourth-order valence-electron chi connectivity index (χ4n) is 3.45. The second kappa shape index (κ2) is 7.79. The van der Waals surface area contributed by atoms with Gasteiger partial charge in [-0.05, 0) is 37.0 Å². The van der Waals surface area contributed by atoms with E-state index in [9.17, 15) is 4.79 Å². The van der Waals surface area contributed by atoms with Crippen molar-refractivity contribution in [1.29, 1.82) is 0 Å². The number of amides is 2. The van der Waals surface area contributed by atoms with Crippen LogP contribution in [0.1, 0.15) is 59.4 Å². The van der Waals surface area contributed by atoms with Crippen molar-refractivity contribution in [3.8, 4) is 0 Å². The van der Waals surface area contributed by atoms with Gasteiger partial charge in [-0.2, -0.15) is 5.10 Å². The minimum absolute atomic E-state index is 0.0535. The van der Waals surface area contributed by atoms with E-state index in [2.05, 4.69) is 43.1 Å². The Morgan fingerprint density at radius 3 is 2.87 bits per heavy atom. The van der Waals surface area contributed by atoms with Crippen LogP contribution in [0, 0.1) is 11.3 Å². The van der Waals surface area contributed by atoms with Gasteiger partial charge in [-0.15, -0.1) is 0 Å². The molecule has 2 amide bonds. The molecule has 1 saturated heterocycles. The van der Waals surface area contributed by atoms with Gasteiger partial charge in [-0.1, -0.05) is 27.7 Å². The second-order valence-corrected chi connectivity index (χ2v) is 8.01. The molecule has 0 bridgehead atoms. The van der Waals surface area contributed by atoms with E-state index < -0.39 is 0 Å². The second-order valence-electron chi connectivity index (χ2n) is 8.01. The van der Waals surface area contributed by atoms with E-state index >= 15 is 0 Å². The molecule has 130 valence electrons. The number of likely N-dealkylation sites (tertiary alicyclic amines) is 1. The number of urea groups is 1. The van der Waals surface area contributed by atoms with E-state index in [0.717, 1.165) is 32.4 Å². The summed E-state index contributed by atoms with van der Waals surface area (Å²) in [6.45, 7) is 11.3. The van der Waals surface area contributed by atoms with E-state index in [4.69, 9.17) is 0 Å². The lowest BCUT2D eigenvalue weighted by atomic mass is 9.84. The molecule has 1 aliphatic heterocycles. The number of nitrogens with one attached hydrogen (secondary N) is 1. The maximum atomic E-state index is 12.3. The summed E-state index contributed by atoms with van der Waals surface area (Å²) in [5.41, 5.74) is 0.349. The lowest BCUT2D eigenvalue weighted by Gasteiger charge is -2.32. The summed E-state index contributed by atoms with van der Waals surface area (Å²) in [6.07, 6.45) is 7.56. The molecule has 2 unspecified atom stereocenters. The third-order valence-electron chi connectivity index (χ3n) is 4.37. The van der Waals surface area contributed by atoms with E-state index in [1.54, 1.807) is 12.7 Å². The molecule has 1 N–H and O–H groups in total. The normalized spacial score (nSPS) is 20.3. The Kier molecular flexibility index (Phi) is 6.02. The third-order valence-corrected chi connectivity index (χ3v) is 4.37. The lowest BCUT2D eigenvalue weighted by Crippen LogP contribution is -2.46. The molecule has 0 radical (unpaired) electrons. The van der Waals surface area contributed by atoms with Crippen molar-refractivity contribution >= 4 is 6.03 Å². The summed E-state index contributed by atoms with van der Waals surface area (Å²) < 4.78 is 1.87. The molecule has 0 saturated carbocycles. The monoisotopic (exact) mass is 321 g/mol. The molecule has 2 rings (SSSR count). The van der Waals surface area contributed by atoms with Gasteiger partial charge in [0.15, 0.2) is 0 Å². The van der Waals surface area contributed by atoms with Crippen LogP contribution in [0.2, 0.25) is 0 Å². The van der Waals surface area contributed by atoms with Crippen molar-refractivity contribution in [1.82, 2.24) is 25.0 Å². The highest BCUT2D eigenvalue weighted by molar-refractivity contribution is 5.74. The first kappa shape index (κ1) is 17.8. The van der Waals surface area contributed by atoms with Crippen molar-refractivity contribution < 1.29 is 4.79 Å². The maximum absolute atomic E-state index is 12.3. The summed E-state index contributed by atoms with van der Waals surface area (Å²) in [5, 5.41) is 7.28. The third kappa shape index (κ3) is 5.84. The number of aromatic nitrogens is 3. The van der Waals surface area contributed by atoms with E-state index in [-0.39, 0.29) is 12.1 Å². The minimum Gasteiger partial charge on any atom is -0.338 e. The first-order valence-electron chi connectivity index (χ1n) is 8.72. The molecule has 1 aromatic heterocycles. The fourth-order valence-corrected chi connectivity index (χ4v) is 3.45.